The van der Waals surface area contributed by atoms with Crippen LogP contribution in [0.4, 0.5) is 5.82 Å². The first kappa shape index (κ1) is 14.2. The maximum atomic E-state index is 5.84. The minimum absolute atomic E-state index is 0.482. The Bertz CT molecular complexity index is 588. The summed E-state index contributed by atoms with van der Waals surface area (Å²) in [5, 5.41) is 4.38. The Morgan fingerprint density at radius 2 is 1.90 bits per heavy atom. The van der Waals surface area contributed by atoms with Crippen molar-refractivity contribution in [3.8, 4) is 22.8 Å². The highest BCUT2D eigenvalue weighted by Crippen LogP contribution is 2.39. The molecule has 6 nitrogen and oxygen atoms in total. The fourth-order valence-corrected chi connectivity index (χ4v) is 2.08. The van der Waals surface area contributed by atoms with E-state index in [9.17, 15) is 0 Å². The second-order valence-electron chi connectivity index (χ2n) is 4.39. The lowest BCUT2D eigenvalue weighted by Crippen LogP contribution is -1.98. The van der Waals surface area contributed by atoms with Crippen molar-refractivity contribution in [3.05, 3.63) is 23.8 Å². The zero-order valence-corrected chi connectivity index (χ0v) is 12.1. The van der Waals surface area contributed by atoms with Gasteiger partial charge in [-0.1, -0.05) is 0 Å². The minimum Gasteiger partial charge on any atom is -0.493 e. The van der Waals surface area contributed by atoms with Crippen LogP contribution in [0.25, 0.3) is 11.3 Å². The molecule has 0 aliphatic heterocycles. The van der Waals surface area contributed by atoms with Gasteiger partial charge in [0.1, 0.15) is 5.82 Å². The number of benzene rings is 1. The maximum Gasteiger partial charge on any atom is 0.170 e. The number of rotatable bonds is 5. The molecule has 2 N–H and O–H groups in total. The van der Waals surface area contributed by atoms with Gasteiger partial charge in [-0.2, -0.15) is 5.10 Å². The summed E-state index contributed by atoms with van der Waals surface area (Å²) in [4.78, 5) is 0. The molecule has 0 unspecified atom stereocenters. The quantitative estimate of drug-likeness (QED) is 0.902. The zero-order valence-electron chi connectivity index (χ0n) is 12.1. The SMILES string of the molecule is COCc1cc(OC)c(OC)c(-c2cc(N)n(C)n2)c1. The number of nitrogens with zero attached hydrogens (tertiary/aromatic N) is 2. The fourth-order valence-electron chi connectivity index (χ4n) is 2.08. The van der Waals surface area contributed by atoms with E-state index in [0.717, 1.165) is 16.8 Å². The first-order chi connectivity index (χ1) is 9.60. The number of ether oxygens (including phenoxy) is 3. The van der Waals surface area contributed by atoms with Gasteiger partial charge >= 0.3 is 0 Å². The van der Waals surface area contributed by atoms with Crippen molar-refractivity contribution in [3.63, 3.8) is 0 Å². The van der Waals surface area contributed by atoms with Gasteiger partial charge in [-0.25, -0.2) is 0 Å². The highest BCUT2D eigenvalue weighted by molar-refractivity contribution is 5.73. The monoisotopic (exact) mass is 277 g/mol. The van der Waals surface area contributed by atoms with Crippen LogP contribution >= 0.6 is 0 Å². The van der Waals surface area contributed by atoms with Crippen molar-refractivity contribution in [1.82, 2.24) is 9.78 Å². The van der Waals surface area contributed by atoms with Gasteiger partial charge in [0.2, 0.25) is 0 Å². The van der Waals surface area contributed by atoms with Crippen LogP contribution in [0.2, 0.25) is 0 Å². The van der Waals surface area contributed by atoms with Crippen molar-refractivity contribution in [1.29, 1.82) is 0 Å². The van der Waals surface area contributed by atoms with Crippen LogP contribution in [-0.4, -0.2) is 31.1 Å². The van der Waals surface area contributed by atoms with Crippen molar-refractivity contribution in [2.24, 2.45) is 7.05 Å². The van der Waals surface area contributed by atoms with E-state index in [0.29, 0.717) is 23.9 Å². The number of aryl methyl sites for hydroxylation is 1. The van der Waals surface area contributed by atoms with Crippen LogP contribution in [-0.2, 0) is 18.4 Å². The van der Waals surface area contributed by atoms with E-state index < -0.39 is 0 Å². The van der Waals surface area contributed by atoms with E-state index in [2.05, 4.69) is 5.10 Å². The molecule has 0 saturated carbocycles. The number of anilines is 1. The van der Waals surface area contributed by atoms with Gasteiger partial charge < -0.3 is 19.9 Å². The van der Waals surface area contributed by atoms with E-state index in [1.165, 1.54) is 0 Å². The molecule has 0 amide bonds. The second-order valence-corrected chi connectivity index (χ2v) is 4.39. The summed E-state index contributed by atoms with van der Waals surface area (Å²) in [6.45, 7) is 0.482. The summed E-state index contributed by atoms with van der Waals surface area (Å²) in [6.07, 6.45) is 0. The lowest BCUT2D eigenvalue weighted by atomic mass is 10.1. The van der Waals surface area contributed by atoms with Gasteiger partial charge in [-0.15, -0.1) is 0 Å². The van der Waals surface area contributed by atoms with E-state index in [-0.39, 0.29) is 0 Å². The van der Waals surface area contributed by atoms with Crippen LogP contribution in [0.1, 0.15) is 5.56 Å². The fraction of sp³-hybridized carbons (Fsp3) is 0.357. The van der Waals surface area contributed by atoms with Gasteiger partial charge in [-0.3, -0.25) is 4.68 Å². The van der Waals surface area contributed by atoms with Crippen molar-refractivity contribution >= 4 is 5.82 Å². The Morgan fingerprint density at radius 1 is 1.15 bits per heavy atom. The number of methoxy groups -OCH3 is 3. The van der Waals surface area contributed by atoms with Gasteiger partial charge in [-0.05, 0) is 17.7 Å². The molecular formula is C14H19N3O3. The molecule has 0 fully saturated rings. The predicted octanol–water partition coefficient (Wildman–Crippen LogP) is 1.83. The summed E-state index contributed by atoms with van der Waals surface area (Å²) in [6, 6.07) is 5.65. The standard InChI is InChI=1S/C14H19N3O3/c1-17-13(15)7-11(16-17)10-5-9(8-18-2)6-12(19-3)14(10)20-4/h5-7H,8,15H2,1-4H3. The molecule has 20 heavy (non-hydrogen) atoms. The molecule has 0 radical (unpaired) electrons. The Kier molecular flexibility index (Phi) is 4.14. The van der Waals surface area contributed by atoms with Gasteiger partial charge in [0.05, 0.1) is 26.5 Å². The summed E-state index contributed by atoms with van der Waals surface area (Å²) >= 11 is 0. The Balaban J connectivity index is 2.61. The molecule has 0 spiro atoms. The smallest absolute Gasteiger partial charge is 0.170 e. The topological polar surface area (TPSA) is 71.5 Å². The molecule has 2 rings (SSSR count). The predicted molar refractivity (Wildman–Crippen MR) is 76.9 cm³/mol. The van der Waals surface area contributed by atoms with Crippen molar-refractivity contribution in [2.75, 3.05) is 27.1 Å². The third-order valence-electron chi connectivity index (χ3n) is 3.04. The normalized spacial score (nSPS) is 10.6. The number of hydrogen-bond acceptors (Lipinski definition) is 5. The Labute approximate surface area is 118 Å². The van der Waals surface area contributed by atoms with Crippen LogP contribution in [0.3, 0.4) is 0 Å². The van der Waals surface area contributed by atoms with E-state index >= 15 is 0 Å². The molecule has 108 valence electrons. The van der Waals surface area contributed by atoms with Crippen molar-refractivity contribution < 1.29 is 14.2 Å². The lowest BCUT2D eigenvalue weighted by molar-refractivity contribution is 0.184. The maximum absolute atomic E-state index is 5.84. The molecule has 1 aromatic carbocycles. The Hall–Kier alpha value is -2.21. The van der Waals surface area contributed by atoms with Crippen molar-refractivity contribution in [2.45, 2.75) is 6.61 Å². The summed E-state index contributed by atoms with van der Waals surface area (Å²) in [7, 11) is 6.64. The summed E-state index contributed by atoms with van der Waals surface area (Å²) in [5.41, 5.74) is 8.38. The second kappa shape index (κ2) is 5.83. The first-order valence-corrected chi connectivity index (χ1v) is 6.14. The van der Waals surface area contributed by atoms with E-state index in [1.807, 2.05) is 12.1 Å². The highest BCUT2D eigenvalue weighted by atomic mass is 16.5. The summed E-state index contributed by atoms with van der Waals surface area (Å²) in [5.74, 6) is 1.85. The molecule has 0 saturated heterocycles. The molecule has 2 aromatic rings. The van der Waals surface area contributed by atoms with Gasteiger partial charge in [0.25, 0.3) is 0 Å². The third kappa shape index (κ3) is 2.55. The first-order valence-electron chi connectivity index (χ1n) is 6.14. The van der Waals surface area contributed by atoms with E-state index in [4.69, 9.17) is 19.9 Å². The molecule has 0 bridgehead atoms. The number of nitrogens with two attached hydrogens (primary N) is 1. The highest BCUT2D eigenvalue weighted by Gasteiger charge is 2.17. The van der Waals surface area contributed by atoms with Crippen LogP contribution in [0.5, 0.6) is 11.5 Å². The summed E-state index contributed by atoms with van der Waals surface area (Å²) < 4.78 is 17.6. The Morgan fingerprint density at radius 3 is 2.40 bits per heavy atom. The van der Waals surface area contributed by atoms with Gasteiger partial charge in [0, 0.05) is 25.8 Å². The largest absolute Gasteiger partial charge is 0.493 e. The average molecular weight is 277 g/mol. The number of nitrogen functional groups attached to an aromatic ring is 1. The molecule has 1 aromatic heterocycles. The lowest BCUT2D eigenvalue weighted by Gasteiger charge is -2.13. The minimum atomic E-state index is 0.482. The van der Waals surface area contributed by atoms with Crippen LogP contribution in [0.15, 0.2) is 18.2 Å². The third-order valence-corrected chi connectivity index (χ3v) is 3.04. The number of aromatic nitrogens is 2. The average Bonchev–Trinajstić information content (AvgIpc) is 2.78. The van der Waals surface area contributed by atoms with Crippen LogP contribution < -0.4 is 15.2 Å². The molecule has 0 aliphatic carbocycles. The molecular weight excluding hydrogens is 258 g/mol. The number of hydrogen-bond donors (Lipinski definition) is 1. The molecule has 1 heterocycles. The van der Waals surface area contributed by atoms with Crippen LogP contribution in [0, 0.1) is 0 Å². The molecule has 0 aliphatic rings. The van der Waals surface area contributed by atoms with Gasteiger partial charge in [0.15, 0.2) is 11.5 Å². The molecule has 0 atom stereocenters. The molecule has 6 heteroatoms. The van der Waals surface area contributed by atoms with E-state index in [1.54, 1.807) is 39.1 Å². The zero-order chi connectivity index (χ0) is 14.7.